The first kappa shape index (κ1) is 8.26. The minimum atomic E-state index is -0.155. The Morgan fingerprint density at radius 2 is 2.25 bits per heavy atom. The van der Waals surface area contributed by atoms with Gasteiger partial charge in [-0.3, -0.25) is 10.2 Å². The van der Waals surface area contributed by atoms with Crippen molar-refractivity contribution in [1.82, 2.24) is 0 Å². The lowest BCUT2D eigenvalue weighted by molar-refractivity contribution is 0.112. The second-order valence-corrected chi connectivity index (χ2v) is 2.31. The lowest BCUT2D eigenvalue weighted by Crippen LogP contribution is -2.10. The molecule has 1 aromatic rings. The van der Waals surface area contributed by atoms with Crippen LogP contribution in [-0.4, -0.2) is 17.2 Å². The number of nitrogens with two attached hydrogens (primary N) is 1. The van der Waals surface area contributed by atoms with Crippen molar-refractivity contribution in [1.29, 1.82) is 5.41 Å². The summed E-state index contributed by atoms with van der Waals surface area (Å²) in [6.45, 7) is 0. The Labute approximate surface area is 69.1 Å². The third-order valence-electron chi connectivity index (χ3n) is 1.47. The van der Waals surface area contributed by atoms with Crippen molar-refractivity contribution < 1.29 is 9.90 Å². The second-order valence-electron chi connectivity index (χ2n) is 2.31. The molecule has 4 nitrogen and oxygen atoms in total. The van der Waals surface area contributed by atoms with Gasteiger partial charge in [0.1, 0.15) is 11.6 Å². The zero-order valence-electron chi connectivity index (χ0n) is 6.24. The number of amidine groups is 1. The normalized spacial score (nSPS) is 9.33. The van der Waals surface area contributed by atoms with Crippen LogP contribution in [0.2, 0.25) is 0 Å². The van der Waals surface area contributed by atoms with Gasteiger partial charge in [-0.1, -0.05) is 6.07 Å². The van der Waals surface area contributed by atoms with Gasteiger partial charge in [-0.2, -0.15) is 0 Å². The van der Waals surface area contributed by atoms with E-state index in [2.05, 4.69) is 0 Å². The van der Waals surface area contributed by atoms with Crippen molar-refractivity contribution in [3.63, 3.8) is 0 Å². The number of carbonyl (C=O) groups excluding carboxylic acids is 1. The van der Waals surface area contributed by atoms with E-state index in [9.17, 15) is 4.79 Å². The molecule has 0 aliphatic carbocycles. The van der Waals surface area contributed by atoms with Gasteiger partial charge in [0.05, 0.1) is 5.56 Å². The summed E-state index contributed by atoms with van der Waals surface area (Å²) in [6.07, 6.45) is 0.541. The van der Waals surface area contributed by atoms with Crippen LogP contribution in [0.5, 0.6) is 5.75 Å². The van der Waals surface area contributed by atoms with Crippen molar-refractivity contribution in [3.8, 4) is 5.75 Å². The average molecular weight is 164 g/mol. The first-order chi connectivity index (χ1) is 5.65. The number of rotatable bonds is 2. The van der Waals surface area contributed by atoms with Crippen molar-refractivity contribution in [2.45, 2.75) is 0 Å². The molecule has 4 N–H and O–H groups in total. The molecule has 12 heavy (non-hydrogen) atoms. The molecule has 0 aliphatic heterocycles. The van der Waals surface area contributed by atoms with Gasteiger partial charge in [-0.25, -0.2) is 0 Å². The number of carbonyl (C=O) groups is 1. The third-order valence-corrected chi connectivity index (χ3v) is 1.47. The van der Waals surface area contributed by atoms with E-state index in [-0.39, 0.29) is 17.1 Å². The van der Waals surface area contributed by atoms with Gasteiger partial charge in [0, 0.05) is 5.56 Å². The van der Waals surface area contributed by atoms with E-state index in [1.807, 2.05) is 0 Å². The predicted octanol–water partition coefficient (Wildman–Crippen LogP) is 0.489. The molecular weight excluding hydrogens is 156 g/mol. The van der Waals surface area contributed by atoms with Crippen LogP contribution in [0.15, 0.2) is 18.2 Å². The smallest absolute Gasteiger partial charge is 0.153 e. The van der Waals surface area contributed by atoms with Crippen molar-refractivity contribution in [2.24, 2.45) is 5.73 Å². The predicted molar refractivity (Wildman–Crippen MR) is 44.5 cm³/mol. The number of nitrogens with one attached hydrogen (secondary N) is 1. The number of phenols is 1. The maximum Gasteiger partial charge on any atom is 0.153 e. The molecule has 0 fully saturated rings. The molecule has 0 amide bonds. The number of hydrogen-bond donors (Lipinski definition) is 3. The average Bonchev–Trinajstić information content (AvgIpc) is 2.04. The van der Waals surface area contributed by atoms with Crippen molar-refractivity contribution >= 4 is 12.1 Å². The fourth-order valence-electron chi connectivity index (χ4n) is 0.811. The highest BCUT2D eigenvalue weighted by atomic mass is 16.3. The summed E-state index contributed by atoms with van der Waals surface area (Å²) < 4.78 is 0. The molecule has 1 aromatic carbocycles. The van der Waals surface area contributed by atoms with E-state index in [1.165, 1.54) is 18.2 Å². The SMILES string of the molecule is N=C(N)c1ccc(C=O)c(O)c1. The van der Waals surface area contributed by atoms with Gasteiger partial charge < -0.3 is 10.8 Å². The highest BCUT2D eigenvalue weighted by molar-refractivity contribution is 5.96. The molecule has 0 unspecified atom stereocenters. The quantitative estimate of drug-likeness (QED) is 0.337. The van der Waals surface area contributed by atoms with E-state index in [0.717, 1.165) is 0 Å². The molecule has 0 saturated heterocycles. The zero-order chi connectivity index (χ0) is 9.14. The largest absolute Gasteiger partial charge is 0.507 e. The first-order valence-electron chi connectivity index (χ1n) is 3.27. The molecule has 4 heteroatoms. The highest BCUT2D eigenvalue weighted by Crippen LogP contribution is 2.16. The molecule has 0 aromatic heterocycles. The minimum Gasteiger partial charge on any atom is -0.507 e. The van der Waals surface area contributed by atoms with Gasteiger partial charge in [-0.15, -0.1) is 0 Å². The van der Waals surface area contributed by atoms with Gasteiger partial charge in [0.25, 0.3) is 0 Å². The van der Waals surface area contributed by atoms with E-state index in [1.54, 1.807) is 0 Å². The summed E-state index contributed by atoms with van der Waals surface area (Å²) in [5.74, 6) is -0.291. The molecule has 62 valence electrons. The van der Waals surface area contributed by atoms with Gasteiger partial charge in [-0.05, 0) is 12.1 Å². The van der Waals surface area contributed by atoms with E-state index in [4.69, 9.17) is 16.2 Å². The Morgan fingerprint density at radius 1 is 1.58 bits per heavy atom. The molecule has 0 radical (unpaired) electrons. The van der Waals surface area contributed by atoms with Gasteiger partial charge in [0.2, 0.25) is 0 Å². The van der Waals surface area contributed by atoms with E-state index >= 15 is 0 Å². The Balaban J connectivity index is 3.18. The van der Waals surface area contributed by atoms with Crippen LogP contribution in [0.25, 0.3) is 0 Å². The van der Waals surface area contributed by atoms with Crippen LogP contribution in [0.3, 0.4) is 0 Å². The van der Waals surface area contributed by atoms with Crippen LogP contribution in [0.1, 0.15) is 15.9 Å². The fraction of sp³-hybridized carbons (Fsp3) is 0. The number of hydrogen-bond acceptors (Lipinski definition) is 3. The zero-order valence-corrected chi connectivity index (χ0v) is 6.24. The monoisotopic (exact) mass is 164 g/mol. The Kier molecular flexibility index (Phi) is 2.09. The molecule has 1 rings (SSSR count). The summed E-state index contributed by atoms with van der Waals surface area (Å²) in [7, 11) is 0. The Bertz CT molecular complexity index is 334. The summed E-state index contributed by atoms with van der Waals surface area (Å²) in [5.41, 5.74) is 5.75. The minimum absolute atomic E-state index is 0.136. The van der Waals surface area contributed by atoms with Gasteiger partial charge >= 0.3 is 0 Å². The Morgan fingerprint density at radius 3 is 2.67 bits per heavy atom. The summed E-state index contributed by atoms with van der Waals surface area (Å²) in [4.78, 5) is 10.3. The number of aromatic hydroxyl groups is 1. The van der Waals surface area contributed by atoms with E-state index < -0.39 is 0 Å². The van der Waals surface area contributed by atoms with Crippen LogP contribution < -0.4 is 5.73 Å². The number of benzene rings is 1. The number of aldehydes is 1. The molecule has 0 bridgehead atoms. The second kappa shape index (κ2) is 3.04. The summed E-state index contributed by atoms with van der Waals surface area (Å²) in [5, 5.41) is 16.2. The molecule has 0 spiro atoms. The lowest BCUT2D eigenvalue weighted by Gasteiger charge is -2.00. The topological polar surface area (TPSA) is 87.2 Å². The number of nitrogen functional groups attached to an aromatic ring is 1. The third kappa shape index (κ3) is 1.42. The maximum atomic E-state index is 10.3. The van der Waals surface area contributed by atoms with Crippen LogP contribution in [0.4, 0.5) is 0 Å². The maximum absolute atomic E-state index is 10.3. The molecular formula is C8H8N2O2. The molecule has 0 atom stereocenters. The Hall–Kier alpha value is -1.84. The summed E-state index contributed by atoms with van der Waals surface area (Å²) in [6, 6.07) is 4.21. The fourth-order valence-corrected chi connectivity index (χ4v) is 0.811. The first-order valence-corrected chi connectivity index (χ1v) is 3.27. The van der Waals surface area contributed by atoms with Crippen LogP contribution in [0, 0.1) is 5.41 Å². The van der Waals surface area contributed by atoms with Crippen LogP contribution >= 0.6 is 0 Å². The molecule has 0 aliphatic rings. The van der Waals surface area contributed by atoms with E-state index in [0.29, 0.717) is 11.8 Å². The summed E-state index contributed by atoms with van der Waals surface area (Å²) >= 11 is 0. The van der Waals surface area contributed by atoms with Crippen molar-refractivity contribution in [3.05, 3.63) is 29.3 Å². The van der Waals surface area contributed by atoms with Crippen molar-refractivity contribution in [2.75, 3.05) is 0 Å². The molecule has 0 heterocycles. The van der Waals surface area contributed by atoms with Crippen LogP contribution in [-0.2, 0) is 0 Å². The number of phenolic OH excluding ortho intramolecular Hbond substituents is 1. The highest BCUT2D eigenvalue weighted by Gasteiger charge is 2.02. The lowest BCUT2D eigenvalue weighted by atomic mass is 10.1. The molecule has 0 saturated carbocycles. The van der Waals surface area contributed by atoms with Gasteiger partial charge in [0.15, 0.2) is 6.29 Å². The standard InChI is InChI=1S/C8H8N2O2/c9-8(10)5-1-2-6(4-11)7(12)3-5/h1-4,12H,(H3,9,10).